The number of aliphatic hydroxyl groups is 1. The van der Waals surface area contributed by atoms with Gasteiger partial charge in [0, 0.05) is 56.0 Å². The third-order valence-corrected chi connectivity index (χ3v) is 15.0. The van der Waals surface area contributed by atoms with Crippen molar-refractivity contribution < 1.29 is 67.7 Å². The number of ether oxygens (including phenoxy) is 1. The maximum atomic E-state index is 14.6. The summed E-state index contributed by atoms with van der Waals surface area (Å²) in [7, 11) is 0. The van der Waals surface area contributed by atoms with Gasteiger partial charge in [-0.25, -0.2) is 4.79 Å². The maximum absolute atomic E-state index is 14.6. The van der Waals surface area contributed by atoms with Gasteiger partial charge in [-0.05, 0) is 84.9 Å². The molecule has 7 atom stereocenters. The number of likely N-dealkylation sites (tertiary alicyclic amines) is 1. The average molecular weight is 1320 g/mol. The first kappa shape index (κ1) is 74.4. The van der Waals surface area contributed by atoms with Gasteiger partial charge in [0.05, 0.1) is 19.7 Å². The van der Waals surface area contributed by atoms with Gasteiger partial charge >= 0.3 is 6.09 Å². The minimum Gasteiger partial charge on any atom is -0.508 e. The number of rotatable bonds is 35. The highest BCUT2D eigenvalue weighted by Gasteiger charge is 2.39. The molecule has 0 unspecified atom stereocenters. The first-order valence-corrected chi connectivity index (χ1v) is 30.5. The molecule has 11 amide bonds. The van der Waals surface area contributed by atoms with Gasteiger partial charge in [-0.3, -0.25) is 52.9 Å². The lowest BCUT2D eigenvalue weighted by Gasteiger charge is -2.30. The van der Waals surface area contributed by atoms with Crippen LogP contribution in [0.5, 0.6) is 5.75 Å². The standard InChI is InChI=1S/C64H83N15O14.ClH/c1-38(2)29-48(58(87)74-47(19-11-27-68-63(66)67)62(91)79-28-12-20-52(79)61(90)71-34-53(65)82)73-55(84)35-72-56(85)49(30-39-21-23-43(81)24-22-39)75-60(89)51(36-80)77-59(88)50(31-42-33-69-45-18-10-9-17-44(42)45)76-57(86)46(78-64(92)93-37-41-15-7-4-8-16-41)25-26-54(83)70-32-40-13-5-3-6-14-40;/h3-10,13-18,21-24,33,38,46-52,69,80-81H,11-12,19-20,25-32,34-37H2,1-2H3,(H2,65,82)(H,70,83)(H,71,90)(H,72,85)(H,73,84)(H,74,87)(H,75,89)(H,76,86)(H,77,88)(H,78,92)(H4,66,67,68);1H/t46-,47+,48+,49+,50+,51+,52+;/m1./s1. The first-order chi connectivity index (χ1) is 44.6. The predicted octanol–water partition coefficient (Wildman–Crippen LogP) is -0.303. The summed E-state index contributed by atoms with van der Waals surface area (Å²) in [4.78, 5) is 159. The number of carbonyl (C=O) groups is 11. The number of aromatic amines is 1. The van der Waals surface area contributed by atoms with Crippen LogP contribution in [0.3, 0.4) is 0 Å². The second kappa shape index (κ2) is 37.9. The number of carbonyl (C=O) groups excluding carboxylic acids is 11. The van der Waals surface area contributed by atoms with Crippen molar-refractivity contribution in [2.24, 2.45) is 28.1 Å². The number of primary amides is 1. The van der Waals surface area contributed by atoms with E-state index in [0.717, 1.165) is 5.56 Å². The van der Waals surface area contributed by atoms with E-state index in [-0.39, 0.29) is 108 Å². The van der Waals surface area contributed by atoms with Gasteiger partial charge in [-0.2, -0.15) is 0 Å². The molecule has 30 heteroatoms. The Labute approximate surface area is 549 Å². The number of benzene rings is 4. The summed E-state index contributed by atoms with van der Waals surface area (Å²) in [6.45, 7) is 1.59. The Morgan fingerprint density at radius 3 is 1.89 bits per heavy atom. The summed E-state index contributed by atoms with van der Waals surface area (Å²) < 4.78 is 5.42. The summed E-state index contributed by atoms with van der Waals surface area (Å²) in [6, 6.07) is 20.8. The second-order valence-electron chi connectivity index (χ2n) is 22.7. The molecular weight excluding hydrogens is 1240 g/mol. The van der Waals surface area contributed by atoms with Gasteiger partial charge in [-0.1, -0.05) is 105 Å². The quantitative estimate of drug-likeness (QED) is 0.0141. The molecule has 6 rings (SSSR count). The number of aliphatic imine (C=N–C) groups is 1. The van der Waals surface area contributed by atoms with Gasteiger partial charge in [0.15, 0.2) is 5.96 Å². The number of hydrogen-bond acceptors (Lipinski definition) is 15. The lowest BCUT2D eigenvalue weighted by atomic mass is 10.0. The van der Waals surface area contributed by atoms with E-state index in [1.165, 1.54) is 29.2 Å². The van der Waals surface area contributed by atoms with Crippen LogP contribution in [0.4, 0.5) is 4.79 Å². The Bertz CT molecular complexity index is 3410. The molecule has 4 aromatic carbocycles. The van der Waals surface area contributed by atoms with E-state index in [2.05, 4.69) is 57.8 Å². The van der Waals surface area contributed by atoms with E-state index in [4.69, 9.17) is 21.9 Å². The fraction of sp³-hybridized carbons (Fsp3) is 0.406. The van der Waals surface area contributed by atoms with E-state index in [9.17, 15) is 63.0 Å². The van der Waals surface area contributed by atoms with Gasteiger partial charge < -0.3 is 89.9 Å². The molecule has 0 spiro atoms. The number of hydrogen-bond donors (Lipinski definition) is 15. The highest BCUT2D eigenvalue weighted by atomic mass is 35.5. The van der Waals surface area contributed by atoms with Crippen LogP contribution in [0.15, 0.2) is 120 Å². The molecule has 1 aliphatic rings. The van der Waals surface area contributed by atoms with Gasteiger partial charge in [0.1, 0.15) is 54.6 Å². The van der Waals surface area contributed by atoms with E-state index in [1.54, 1.807) is 74.6 Å². The van der Waals surface area contributed by atoms with Crippen LogP contribution < -0.4 is 65.1 Å². The average Bonchev–Trinajstić information content (AvgIpc) is 1.64. The molecule has 0 radical (unpaired) electrons. The Balaban J connectivity index is 0.0000160. The minimum absolute atomic E-state index is 0. The number of nitrogens with two attached hydrogens (primary N) is 3. The van der Waals surface area contributed by atoms with Crippen LogP contribution in [0.25, 0.3) is 10.9 Å². The molecule has 1 aromatic heterocycles. The van der Waals surface area contributed by atoms with Crippen molar-refractivity contribution in [3.8, 4) is 5.75 Å². The Morgan fingerprint density at radius 1 is 0.628 bits per heavy atom. The summed E-state index contributed by atoms with van der Waals surface area (Å²) in [6.07, 6.45) is 0.626. The normalized spacial score (nSPS) is 14.4. The molecule has 18 N–H and O–H groups in total. The number of fused-ring (bicyclic) bond motifs is 1. The zero-order valence-electron chi connectivity index (χ0n) is 52.2. The van der Waals surface area contributed by atoms with E-state index < -0.39 is 127 Å². The molecule has 94 heavy (non-hydrogen) atoms. The minimum atomic E-state index is -1.79. The number of phenols is 1. The Morgan fingerprint density at radius 2 is 1.23 bits per heavy atom. The molecule has 1 saturated heterocycles. The number of phenolic OH excluding ortho intramolecular Hbond substituents is 1. The zero-order valence-corrected chi connectivity index (χ0v) is 53.0. The number of para-hydroxylation sites is 1. The van der Waals surface area contributed by atoms with Crippen molar-refractivity contribution in [1.82, 2.24) is 57.7 Å². The molecule has 506 valence electrons. The van der Waals surface area contributed by atoms with Crippen molar-refractivity contribution in [3.05, 3.63) is 138 Å². The van der Waals surface area contributed by atoms with Crippen molar-refractivity contribution in [2.45, 2.75) is 127 Å². The van der Waals surface area contributed by atoms with Crippen molar-refractivity contribution >= 4 is 94.4 Å². The molecule has 0 aliphatic carbocycles. The fourth-order valence-electron chi connectivity index (χ4n) is 10.2. The highest BCUT2D eigenvalue weighted by molar-refractivity contribution is 5.98. The van der Waals surface area contributed by atoms with Crippen molar-refractivity contribution in [1.29, 1.82) is 0 Å². The van der Waals surface area contributed by atoms with E-state index in [1.807, 2.05) is 30.3 Å². The van der Waals surface area contributed by atoms with Crippen LogP contribution in [0, 0.1) is 5.92 Å². The van der Waals surface area contributed by atoms with Crippen LogP contribution in [0.2, 0.25) is 0 Å². The summed E-state index contributed by atoms with van der Waals surface area (Å²) in [5.41, 5.74) is 19.3. The van der Waals surface area contributed by atoms with Crippen LogP contribution in [0.1, 0.15) is 81.0 Å². The Hall–Kier alpha value is -10.3. The van der Waals surface area contributed by atoms with Crippen LogP contribution in [-0.4, -0.2) is 166 Å². The number of aliphatic hydroxyl groups excluding tert-OH is 1. The molecular formula is C64H84ClN15O14. The van der Waals surface area contributed by atoms with E-state index in [0.29, 0.717) is 34.0 Å². The first-order valence-electron chi connectivity index (χ1n) is 30.5. The third-order valence-electron chi connectivity index (χ3n) is 15.0. The number of guanidine groups is 1. The number of aromatic hydroxyl groups is 1. The van der Waals surface area contributed by atoms with E-state index >= 15 is 0 Å². The van der Waals surface area contributed by atoms with Gasteiger partial charge in [-0.15, -0.1) is 12.4 Å². The number of halogens is 1. The molecule has 2 heterocycles. The molecule has 0 bridgehead atoms. The molecule has 29 nitrogen and oxygen atoms in total. The Kier molecular flexibility index (Phi) is 30.0. The second-order valence-corrected chi connectivity index (χ2v) is 22.7. The predicted molar refractivity (Wildman–Crippen MR) is 348 cm³/mol. The lowest BCUT2D eigenvalue weighted by Crippen LogP contribution is -2.60. The molecule has 0 saturated carbocycles. The largest absolute Gasteiger partial charge is 0.508 e. The third kappa shape index (κ3) is 24.4. The van der Waals surface area contributed by atoms with Crippen LogP contribution >= 0.6 is 12.4 Å². The summed E-state index contributed by atoms with van der Waals surface area (Å²) in [5, 5.41) is 44.7. The van der Waals surface area contributed by atoms with Crippen molar-refractivity contribution in [3.63, 3.8) is 0 Å². The molecule has 5 aromatic rings. The zero-order chi connectivity index (χ0) is 67.4. The maximum Gasteiger partial charge on any atom is 0.408 e. The summed E-state index contributed by atoms with van der Waals surface area (Å²) in [5.74, 6) is -8.54. The number of aromatic nitrogens is 1. The number of H-pyrrole nitrogens is 1. The van der Waals surface area contributed by atoms with Crippen molar-refractivity contribution in [2.75, 3.05) is 32.8 Å². The topological polar surface area (TPSA) is 455 Å². The SMILES string of the molecule is CC(C)C[C@H](NC(=O)CNC(=O)[C@H](Cc1ccc(O)cc1)NC(=O)[C@H](CO)NC(=O)[C@H](Cc1c[nH]c2ccccc12)NC(=O)[C@@H](CCC(=O)NCc1ccccc1)NC(=O)OCc1ccccc1)C(=O)N[C@@H](CCCN=C(N)N)C(=O)N1CCC[C@H]1C(=O)NCC(N)=O.Cl. The number of alkyl carbamates (subject to hydrolysis) is 1. The molecule has 1 aliphatic heterocycles. The lowest BCUT2D eigenvalue weighted by molar-refractivity contribution is -0.142. The summed E-state index contributed by atoms with van der Waals surface area (Å²) >= 11 is 0. The number of nitrogens with one attached hydrogen (secondary N) is 10. The smallest absolute Gasteiger partial charge is 0.408 e. The van der Waals surface area contributed by atoms with Crippen LogP contribution in [-0.2, 0) is 78.7 Å². The van der Waals surface area contributed by atoms with Gasteiger partial charge in [0.2, 0.25) is 59.1 Å². The fourth-order valence-corrected chi connectivity index (χ4v) is 10.2. The van der Waals surface area contributed by atoms with Gasteiger partial charge in [0.25, 0.3) is 0 Å². The highest BCUT2D eigenvalue weighted by Crippen LogP contribution is 2.22. The monoisotopic (exact) mass is 1320 g/mol. The number of amides is 11. The number of nitrogens with zero attached hydrogens (tertiary/aromatic N) is 2. The molecule has 1 fully saturated rings.